The molecule has 2 atom stereocenters. The quantitative estimate of drug-likeness (QED) is 0.753. The Morgan fingerprint density at radius 3 is 2.71 bits per heavy atom. The second-order valence-corrected chi connectivity index (χ2v) is 7.74. The van der Waals surface area contributed by atoms with E-state index in [2.05, 4.69) is 54.3 Å². The third-order valence-electron chi connectivity index (χ3n) is 5.37. The third-order valence-corrected chi connectivity index (χ3v) is 5.87. The van der Waals surface area contributed by atoms with Crippen molar-refractivity contribution in [1.82, 2.24) is 10.6 Å². The van der Waals surface area contributed by atoms with Crippen LogP contribution in [0.3, 0.4) is 0 Å². The highest BCUT2D eigenvalue weighted by atomic mass is 79.9. The van der Waals surface area contributed by atoms with Crippen LogP contribution in [-0.4, -0.2) is 23.2 Å². The van der Waals surface area contributed by atoms with Crippen LogP contribution in [0.25, 0.3) is 0 Å². The van der Waals surface area contributed by atoms with E-state index in [1.807, 2.05) is 12.1 Å². The lowest BCUT2D eigenvalue weighted by molar-refractivity contribution is 0.146. The molecule has 3 N–H and O–H groups in total. The Bertz CT molecular complexity index is 504. The van der Waals surface area contributed by atoms with Crippen molar-refractivity contribution in [2.75, 3.05) is 6.54 Å². The topological polar surface area (TPSA) is 44.3 Å². The van der Waals surface area contributed by atoms with Gasteiger partial charge in [-0.15, -0.1) is 0 Å². The lowest BCUT2D eigenvalue weighted by Crippen LogP contribution is -2.55. The second-order valence-electron chi connectivity index (χ2n) is 6.83. The lowest BCUT2D eigenvalue weighted by atomic mass is 9.74. The fraction of sp³-hybridized carbons (Fsp3) is 0.647. The predicted molar refractivity (Wildman–Crippen MR) is 91.5 cm³/mol. The van der Waals surface area contributed by atoms with E-state index >= 15 is 0 Å². The Hall–Kier alpha value is -0.580. The number of nitrogens with one attached hydrogen (secondary N) is 2. The zero-order valence-corrected chi connectivity index (χ0v) is 15.0. The third kappa shape index (κ3) is 3.27. The first kappa shape index (κ1) is 16.8. The average molecular weight is 355 g/mol. The van der Waals surface area contributed by atoms with Crippen LogP contribution in [0.2, 0.25) is 0 Å². The maximum Gasteiger partial charge on any atom is 0.120 e. The van der Waals surface area contributed by atoms with Crippen LogP contribution >= 0.6 is 15.9 Å². The van der Waals surface area contributed by atoms with Crippen LogP contribution < -0.4 is 10.6 Å². The van der Waals surface area contributed by atoms with Gasteiger partial charge in [0.1, 0.15) is 5.75 Å². The van der Waals surface area contributed by atoms with E-state index in [1.165, 1.54) is 6.42 Å². The Morgan fingerprint density at radius 2 is 2.05 bits per heavy atom. The zero-order valence-electron chi connectivity index (χ0n) is 13.5. The Labute approximate surface area is 136 Å². The summed E-state index contributed by atoms with van der Waals surface area (Å²) < 4.78 is 1.00. The standard InChI is InChI=1S/C17H27BrN2O/c1-5-20-17(4)9-8-15(16(17,2)3)19-11-12-10-13(18)6-7-14(12)21/h6-7,10,15,19-21H,5,8-9,11H2,1-4H3/t15-,17-/m0/s1. The number of phenolic OH excluding ortho intramolecular Hbond substituents is 1. The summed E-state index contributed by atoms with van der Waals surface area (Å²) in [5.41, 5.74) is 1.28. The molecule has 1 fully saturated rings. The summed E-state index contributed by atoms with van der Waals surface area (Å²) in [6.07, 6.45) is 2.33. The van der Waals surface area contributed by atoms with Gasteiger partial charge in [-0.05, 0) is 49.9 Å². The number of hydrogen-bond donors (Lipinski definition) is 3. The number of phenols is 1. The van der Waals surface area contributed by atoms with Crippen molar-refractivity contribution in [1.29, 1.82) is 0 Å². The Morgan fingerprint density at radius 1 is 1.33 bits per heavy atom. The van der Waals surface area contributed by atoms with Crippen LogP contribution in [0.15, 0.2) is 22.7 Å². The number of aromatic hydroxyl groups is 1. The maximum absolute atomic E-state index is 9.95. The summed E-state index contributed by atoms with van der Waals surface area (Å²) >= 11 is 3.46. The molecular weight excluding hydrogens is 328 g/mol. The van der Waals surface area contributed by atoms with Crippen LogP contribution in [-0.2, 0) is 6.54 Å². The van der Waals surface area contributed by atoms with Crippen LogP contribution in [0.5, 0.6) is 5.75 Å². The number of benzene rings is 1. The molecule has 0 aliphatic heterocycles. The largest absolute Gasteiger partial charge is 0.508 e. The van der Waals surface area contributed by atoms with Gasteiger partial charge < -0.3 is 15.7 Å². The molecule has 0 amide bonds. The first-order valence-corrected chi connectivity index (χ1v) is 8.55. The van der Waals surface area contributed by atoms with Crippen molar-refractivity contribution in [3.8, 4) is 5.75 Å². The van der Waals surface area contributed by atoms with E-state index in [0.29, 0.717) is 18.3 Å². The Balaban J connectivity index is 2.06. The van der Waals surface area contributed by atoms with Gasteiger partial charge in [0.15, 0.2) is 0 Å². The average Bonchev–Trinajstić information content (AvgIpc) is 2.63. The van der Waals surface area contributed by atoms with Crippen molar-refractivity contribution in [3.05, 3.63) is 28.2 Å². The first-order chi connectivity index (χ1) is 9.80. The summed E-state index contributed by atoms with van der Waals surface area (Å²) in [5, 5.41) is 17.3. The highest BCUT2D eigenvalue weighted by Gasteiger charge is 2.50. The molecule has 0 heterocycles. The van der Waals surface area contributed by atoms with Crippen LogP contribution in [0, 0.1) is 5.41 Å². The van der Waals surface area contributed by atoms with Crippen molar-refractivity contribution >= 4 is 15.9 Å². The molecule has 0 saturated heterocycles. The smallest absolute Gasteiger partial charge is 0.120 e. The van der Waals surface area contributed by atoms with Gasteiger partial charge in [0.2, 0.25) is 0 Å². The van der Waals surface area contributed by atoms with Crippen LogP contribution in [0.4, 0.5) is 0 Å². The van der Waals surface area contributed by atoms with Gasteiger partial charge in [-0.3, -0.25) is 0 Å². The van der Waals surface area contributed by atoms with Gasteiger partial charge in [0, 0.05) is 28.2 Å². The molecule has 1 aliphatic rings. The van der Waals surface area contributed by atoms with Crippen molar-refractivity contribution < 1.29 is 5.11 Å². The van der Waals surface area contributed by atoms with Gasteiger partial charge in [0.05, 0.1) is 0 Å². The van der Waals surface area contributed by atoms with Gasteiger partial charge >= 0.3 is 0 Å². The fourth-order valence-electron chi connectivity index (χ4n) is 3.49. The molecule has 0 aromatic heterocycles. The van der Waals surface area contributed by atoms with Gasteiger partial charge in [-0.2, -0.15) is 0 Å². The second kappa shape index (κ2) is 6.27. The van der Waals surface area contributed by atoms with Crippen LogP contribution in [0.1, 0.15) is 46.1 Å². The molecule has 21 heavy (non-hydrogen) atoms. The summed E-state index contributed by atoms with van der Waals surface area (Å²) in [6, 6.07) is 6.03. The summed E-state index contributed by atoms with van der Waals surface area (Å²) in [6.45, 7) is 10.9. The van der Waals surface area contributed by atoms with E-state index in [-0.39, 0.29) is 11.0 Å². The lowest BCUT2D eigenvalue weighted by Gasteiger charge is -2.42. The minimum absolute atomic E-state index is 0.165. The number of rotatable bonds is 5. The van der Waals surface area contributed by atoms with Crippen molar-refractivity contribution in [3.63, 3.8) is 0 Å². The molecule has 1 aromatic rings. The predicted octanol–water partition coefficient (Wildman–Crippen LogP) is 3.80. The van der Waals surface area contributed by atoms with Crippen molar-refractivity contribution in [2.45, 2.75) is 58.7 Å². The molecule has 118 valence electrons. The molecular formula is C17H27BrN2O. The minimum Gasteiger partial charge on any atom is -0.508 e. The first-order valence-electron chi connectivity index (χ1n) is 7.76. The fourth-order valence-corrected chi connectivity index (χ4v) is 3.90. The SMILES string of the molecule is CCN[C@@]1(C)CC[C@H](NCc2cc(Br)ccc2O)C1(C)C. The monoisotopic (exact) mass is 354 g/mol. The molecule has 1 aliphatic carbocycles. The molecule has 0 bridgehead atoms. The van der Waals surface area contributed by atoms with E-state index in [0.717, 1.165) is 23.0 Å². The molecule has 0 radical (unpaired) electrons. The highest BCUT2D eigenvalue weighted by Crippen LogP contribution is 2.46. The molecule has 0 spiro atoms. The van der Waals surface area contributed by atoms with Crippen molar-refractivity contribution in [2.24, 2.45) is 5.41 Å². The molecule has 1 saturated carbocycles. The number of halogens is 1. The van der Waals surface area contributed by atoms with E-state index in [9.17, 15) is 5.11 Å². The van der Waals surface area contributed by atoms with E-state index in [4.69, 9.17) is 0 Å². The minimum atomic E-state index is 0.165. The molecule has 0 unspecified atom stereocenters. The van der Waals surface area contributed by atoms with E-state index in [1.54, 1.807) is 6.07 Å². The summed E-state index contributed by atoms with van der Waals surface area (Å²) in [7, 11) is 0. The molecule has 3 nitrogen and oxygen atoms in total. The summed E-state index contributed by atoms with van der Waals surface area (Å²) in [4.78, 5) is 0. The number of hydrogen-bond acceptors (Lipinski definition) is 3. The molecule has 1 aromatic carbocycles. The van der Waals surface area contributed by atoms with Gasteiger partial charge in [-0.25, -0.2) is 0 Å². The molecule has 2 rings (SSSR count). The molecule has 4 heteroatoms. The van der Waals surface area contributed by atoms with Gasteiger partial charge in [0.25, 0.3) is 0 Å². The van der Waals surface area contributed by atoms with E-state index < -0.39 is 0 Å². The maximum atomic E-state index is 9.95. The normalized spacial score (nSPS) is 28.0. The summed E-state index contributed by atoms with van der Waals surface area (Å²) in [5.74, 6) is 0.357. The van der Waals surface area contributed by atoms with Gasteiger partial charge in [-0.1, -0.05) is 36.7 Å². The highest BCUT2D eigenvalue weighted by molar-refractivity contribution is 9.10. The zero-order chi connectivity index (χ0) is 15.7. The Kier molecular flexibility index (Phi) is 5.01.